The van der Waals surface area contributed by atoms with Crippen molar-refractivity contribution in [2.75, 3.05) is 0 Å². The summed E-state index contributed by atoms with van der Waals surface area (Å²) in [5.74, 6) is 1.89. The summed E-state index contributed by atoms with van der Waals surface area (Å²) in [6, 6.07) is 48.9. The highest BCUT2D eigenvalue weighted by molar-refractivity contribution is 6.06. The summed E-state index contributed by atoms with van der Waals surface area (Å²) >= 11 is 0. The highest BCUT2D eigenvalue weighted by atomic mass is 16.3. The van der Waals surface area contributed by atoms with Crippen LogP contribution in [0.2, 0.25) is 0 Å². The van der Waals surface area contributed by atoms with Crippen LogP contribution >= 0.6 is 0 Å². The summed E-state index contributed by atoms with van der Waals surface area (Å²) in [6.45, 7) is 0. The van der Waals surface area contributed by atoms with Crippen LogP contribution in [-0.2, 0) is 0 Å². The van der Waals surface area contributed by atoms with Gasteiger partial charge in [-0.1, -0.05) is 121 Å². The van der Waals surface area contributed by atoms with Crippen LogP contribution in [0.25, 0.3) is 89.5 Å². The van der Waals surface area contributed by atoms with Crippen molar-refractivity contribution in [1.29, 1.82) is 0 Å². The van der Waals surface area contributed by atoms with Gasteiger partial charge < -0.3 is 4.42 Å². The Hall–Kier alpha value is -6.53. The Morgan fingerprint density at radius 1 is 0.383 bits per heavy atom. The average molecular weight is 604 g/mol. The maximum Gasteiger partial charge on any atom is 0.164 e. The molecule has 0 saturated heterocycles. The molecule has 0 aliphatic heterocycles. The van der Waals surface area contributed by atoms with E-state index in [1.165, 1.54) is 0 Å². The first kappa shape index (κ1) is 26.8. The monoisotopic (exact) mass is 603 g/mol. The molecule has 4 heterocycles. The van der Waals surface area contributed by atoms with Crippen LogP contribution < -0.4 is 0 Å². The Bertz CT molecular complexity index is 2500. The minimum Gasteiger partial charge on any atom is -0.454 e. The fourth-order valence-electron chi connectivity index (χ4n) is 6.05. The van der Waals surface area contributed by atoms with Gasteiger partial charge in [-0.2, -0.15) is 0 Å². The Balaban J connectivity index is 1.15. The second kappa shape index (κ2) is 11.1. The first-order chi connectivity index (χ1) is 23.3. The van der Waals surface area contributed by atoms with Crippen molar-refractivity contribution in [2.24, 2.45) is 0 Å². The predicted octanol–water partition coefficient (Wildman–Crippen LogP) is 10.0. The van der Waals surface area contributed by atoms with Gasteiger partial charge in [-0.3, -0.25) is 4.98 Å². The molecule has 0 amide bonds. The van der Waals surface area contributed by atoms with Gasteiger partial charge in [0.1, 0.15) is 5.58 Å². The first-order valence-corrected chi connectivity index (χ1v) is 15.4. The van der Waals surface area contributed by atoms with Gasteiger partial charge in [0.2, 0.25) is 0 Å². The molecule has 0 aliphatic rings. The third-order valence-corrected chi connectivity index (χ3v) is 8.40. The van der Waals surface area contributed by atoms with Gasteiger partial charge in [-0.25, -0.2) is 19.9 Å². The van der Waals surface area contributed by atoms with E-state index >= 15 is 0 Å². The Labute approximate surface area is 270 Å². The maximum absolute atomic E-state index is 6.02. The number of pyridine rings is 2. The van der Waals surface area contributed by atoms with Gasteiger partial charge in [0.15, 0.2) is 23.1 Å². The first-order valence-electron chi connectivity index (χ1n) is 15.4. The zero-order valence-electron chi connectivity index (χ0n) is 25.1. The summed E-state index contributed by atoms with van der Waals surface area (Å²) < 4.78 is 6.02. The molecular formula is C41H25N5O. The van der Waals surface area contributed by atoms with Crippen molar-refractivity contribution in [3.8, 4) is 56.7 Å². The van der Waals surface area contributed by atoms with Gasteiger partial charge in [0.25, 0.3) is 0 Å². The van der Waals surface area contributed by atoms with Crippen LogP contribution in [0, 0.1) is 0 Å². The zero-order valence-corrected chi connectivity index (χ0v) is 25.1. The zero-order chi connectivity index (χ0) is 31.2. The van der Waals surface area contributed by atoms with Gasteiger partial charge in [0.05, 0.1) is 23.1 Å². The highest BCUT2D eigenvalue weighted by Gasteiger charge is 2.15. The summed E-state index contributed by atoms with van der Waals surface area (Å²) in [7, 11) is 0. The quantitative estimate of drug-likeness (QED) is 0.195. The number of nitrogens with zero attached hydrogens (tertiary/aromatic N) is 5. The lowest BCUT2D eigenvalue weighted by Crippen LogP contribution is -2.00. The molecule has 9 rings (SSSR count). The molecule has 6 nitrogen and oxygen atoms in total. The molecular weight excluding hydrogens is 578 g/mol. The topological polar surface area (TPSA) is 77.6 Å². The molecule has 9 aromatic rings. The van der Waals surface area contributed by atoms with E-state index in [2.05, 4.69) is 48.5 Å². The largest absolute Gasteiger partial charge is 0.454 e. The van der Waals surface area contributed by atoms with E-state index in [0.717, 1.165) is 72.0 Å². The molecule has 6 heteroatoms. The summed E-state index contributed by atoms with van der Waals surface area (Å²) in [5, 5.41) is 3.15. The number of para-hydroxylation sites is 2. The third-order valence-electron chi connectivity index (χ3n) is 8.40. The van der Waals surface area contributed by atoms with Gasteiger partial charge in [-0.15, -0.1) is 0 Å². The molecule has 47 heavy (non-hydrogen) atoms. The van der Waals surface area contributed by atoms with Crippen molar-refractivity contribution < 1.29 is 4.42 Å². The minimum atomic E-state index is 0.620. The van der Waals surface area contributed by atoms with Crippen molar-refractivity contribution >= 4 is 32.8 Å². The average Bonchev–Trinajstić information content (AvgIpc) is 3.53. The Morgan fingerprint density at radius 2 is 0.936 bits per heavy atom. The van der Waals surface area contributed by atoms with Crippen molar-refractivity contribution in [1.82, 2.24) is 24.9 Å². The minimum absolute atomic E-state index is 0.620. The van der Waals surface area contributed by atoms with Crippen molar-refractivity contribution in [3.63, 3.8) is 0 Å². The molecule has 0 fully saturated rings. The molecule has 0 saturated carbocycles. The SMILES string of the molecule is c1ccc(-c2nc(-c3ccccc3)nc(-c3ccc(-c4cc(-c5cc6c(cn5)oc5ccccc56)nc5ccccc45)cc3)n2)cc1. The number of fused-ring (bicyclic) bond motifs is 4. The summed E-state index contributed by atoms with van der Waals surface area (Å²) in [5.41, 5.74) is 9.02. The van der Waals surface area contributed by atoms with E-state index < -0.39 is 0 Å². The molecule has 220 valence electrons. The Kier molecular flexibility index (Phi) is 6.35. The number of hydrogen-bond donors (Lipinski definition) is 0. The molecule has 4 aromatic heterocycles. The number of furan rings is 1. The fourth-order valence-corrected chi connectivity index (χ4v) is 6.05. The lowest BCUT2D eigenvalue weighted by molar-refractivity contribution is 0.667. The molecule has 5 aromatic carbocycles. The fraction of sp³-hybridized carbons (Fsp3) is 0. The van der Waals surface area contributed by atoms with E-state index in [9.17, 15) is 0 Å². The molecule has 0 radical (unpaired) electrons. The van der Waals surface area contributed by atoms with Crippen LogP contribution in [0.15, 0.2) is 156 Å². The van der Waals surface area contributed by atoms with Crippen molar-refractivity contribution in [2.45, 2.75) is 0 Å². The number of benzene rings is 5. The molecule has 0 spiro atoms. The second-order valence-electron chi connectivity index (χ2n) is 11.4. The van der Waals surface area contributed by atoms with Gasteiger partial charge in [-0.05, 0) is 35.4 Å². The standard InChI is InChI=1S/C41H25N5O/c1-3-11-27(12-4-1)39-44-40(28-13-5-2-6-14-28)46-41(45-39)29-21-19-26(20-22-29)32-23-36(43-34-17-9-7-15-30(32)34)35-24-33-31-16-8-10-18-37(31)47-38(33)25-42-35/h1-25H. The molecule has 0 bridgehead atoms. The second-order valence-corrected chi connectivity index (χ2v) is 11.4. The highest BCUT2D eigenvalue weighted by Crippen LogP contribution is 2.35. The van der Waals surface area contributed by atoms with E-state index in [-0.39, 0.29) is 0 Å². The van der Waals surface area contributed by atoms with Gasteiger partial charge >= 0.3 is 0 Å². The smallest absolute Gasteiger partial charge is 0.164 e. The molecule has 0 aliphatic carbocycles. The number of hydrogen-bond acceptors (Lipinski definition) is 6. The number of rotatable bonds is 5. The van der Waals surface area contributed by atoms with Crippen LogP contribution in [-0.4, -0.2) is 24.9 Å². The number of aromatic nitrogens is 5. The Morgan fingerprint density at radius 3 is 1.62 bits per heavy atom. The lowest BCUT2D eigenvalue weighted by Gasteiger charge is -2.11. The van der Waals surface area contributed by atoms with E-state index in [4.69, 9.17) is 29.3 Å². The van der Waals surface area contributed by atoms with Crippen molar-refractivity contribution in [3.05, 3.63) is 152 Å². The van der Waals surface area contributed by atoms with E-state index in [1.54, 1.807) is 6.20 Å². The normalized spacial score (nSPS) is 11.4. The van der Waals surface area contributed by atoms with Crippen LogP contribution in [0.3, 0.4) is 0 Å². The third kappa shape index (κ3) is 4.89. The van der Waals surface area contributed by atoms with Gasteiger partial charge in [0, 0.05) is 32.8 Å². The molecule has 0 atom stereocenters. The van der Waals surface area contributed by atoms with Crippen LogP contribution in [0.4, 0.5) is 0 Å². The van der Waals surface area contributed by atoms with E-state index in [1.807, 2.05) is 97.1 Å². The lowest BCUT2D eigenvalue weighted by atomic mass is 9.98. The maximum atomic E-state index is 6.02. The summed E-state index contributed by atoms with van der Waals surface area (Å²) in [6.07, 6.45) is 1.79. The predicted molar refractivity (Wildman–Crippen MR) is 187 cm³/mol. The summed E-state index contributed by atoms with van der Waals surface area (Å²) in [4.78, 5) is 24.4. The van der Waals surface area contributed by atoms with Crippen LogP contribution in [0.1, 0.15) is 0 Å². The van der Waals surface area contributed by atoms with E-state index in [0.29, 0.717) is 17.5 Å². The molecule has 0 unspecified atom stereocenters. The molecule has 0 N–H and O–H groups in total. The van der Waals surface area contributed by atoms with Crippen LogP contribution in [0.5, 0.6) is 0 Å².